The number of ether oxygens (including phenoxy) is 1. The van der Waals surface area contributed by atoms with Crippen molar-refractivity contribution in [2.45, 2.75) is 6.92 Å². The largest absolute Gasteiger partial charge is 0.495 e. The summed E-state index contributed by atoms with van der Waals surface area (Å²) in [4.78, 5) is 16.9. The quantitative estimate of drug-likeness (QED) is 0.691. The predicted molar refractivity (Wildman–Crippen MR) is 113 cm³/mol. The zero-order valence-electron chi connectivity index (χ0n) is 16.9. The monoisotopic (exact) mass is 378 g/mol. The third kappa shape index (κ3) is 3.27. The molecule has 0 aliphatic carbocycles. The molecule has 1 aromatic heterocycles. The number of piperazine rings is 1. The number of anilines is 1. The lowest BCUT2D eigenvalue weighted by Crippen LogP contribution is -3.15. The van der Waals surface area contributed by atoms with Gasteiger partial charge in [-0.3, -0.25) is 4.79 Å². The first-order valence-electron chi connectivity index (χ1n) is 9.89. The highest BCUT2D eigenvalue weighted by Crippen LogP contribution is 2.27. The second-order valence-corrected chi connectivity index (χ2v) is 7.55. The number of nitrogens with zero attached hydrogens (tertiary/aromatic N) is 2. The Morgan fingerprint density at radius 1 is 1.07 bits per heavy atom. The van der Waals surface area contributed by atoms with E-state index in [4.69, 9.17) is 4.74 Å². The molecule has 0 spiro atoms. The number of hydrogen-bond acceptors (Lipinski definition) is 3. The number of para-hydroxylation sites is 3. The summed E-state index contributed by atoms with van der Waals surface area (Å²) in [7, 11) is 3.75. The Morgan fingerprint density at radius 3 is 2.50 bits per heavy atom. The molecule has 28 heavy (non-hydrogen) atoms. The van der Waals surface area contributed by atoms with Crippen molar-refractivity contribution in [2.24, 2.45) is 7.05 Å². The van der Waals surface area contributed by atoms with Crippen LogP contribution in [0.15, 0.2) is 48.5 Å². The van der Waals surface area contributed by atoms with E-state index in [1.807, 2.05) is 44.3 Å². The minimum atomic E-state index is 0.245. The highest BCUT2D eigenvalue weighted by molar-refractivity contribution is 6.10. The second-order valence-electron chi connectivity index (χ2n) is 7.55. The van der Waals surface area contributed by atoms with Crippen molar-refractivity contribution in [3.63, 3.8) is 0 Å². The van der Waals surface area contributed by atoms with Crippen molar-refractivity contribution in [3.05, 3.63) is 59.8 Å². The lowest BCUT2D eigenvalue weighted by Gasteiger charge is -2.34. The van der Waals surface area contributed by atoms with Crippen LogP contribution < -0.4 is 14.5 Å². The molecule has 2 aromatic carbocycles. The van der Waals surface area contributed by atoms with Gasteiger partial charge in [-0.25, -0.2) is 0 Å². The number of aryl methyl sites for hydroxylation is 1. The minimum absolute atomic E-state index is 0.245. The summed E-state index contributed by atoms with van der Waals surface area (Å²) < 4.78 is 7.62. The third-order valence-electron chi connectivity index (χ3n) is 5.99. The van der Waals surface area contributed by atoms with E-state index in [0.717, 1.165) is 59.8 Å². The van der Waals surface area contributed by atoms with Gasteiger partial charge in [0.2, 0.25) is 5.78 Å². The summed E-state index contributed by atoms with van der Waals surface area (Å²) in [5.41, 5.74) is 4.20. The van der Waals surface area contributed by atoms with E-state index in [0.29, 0.717) is 6.54 Å². The van der Waals surface area contributed by atoms with Gasteiger partial charge >= 0.3 is 0 Å². The van der Waals surface area contributed by atoms with E-state index in [1.165, 1.54) is 4.90 Å². The van der Waals surface area contributed by atoms with E-state index in [2.05, 4.69) is 27.7 Å². The molecule has 5 nitrogen and oxygen atoms in total. The van der Waals surface area contributed by atoms with Gasteiger partial charge in [0.1, 0.15) is 12.3 Å². The van der Waals surface area contributed by atoms with Gasteiger partial charge in [0.25, 0.3) is 0 Å². The maximum Gasteiger partial charge on any atom is 0.219 e. The molecule has 5 heteroatoms. The fourth-order valence-corrected chi connectivity index (χ4v) is 4.32. The molecule has 1 N–H and O–H groups in total. The SMILES string of the molecule is COc1ccccc1N1CC[NH+](CC(=O)c2c(C)n(C)c3ccccc23)CC1. The molecule has 0 radical (unpaired) electrons. The first kappa shape index (κ1) is 18.6. The zero-order valence-corrected chi connectivity index (χ0v) is 16.9. The van der Waals surface area contributed by atoms with Crippen molar-refractivity contribution >= 4 is 22.4 Å². The van der Waals surface area contributed by atoms with E-state index in [9.17, 15) is 4.79 Å². The number of rotatable bonds is 5. The third-order valence-corrected chi connectivity index (χ3v) is 5.99. The fourth-order valence-electron chi connectivity index (χ4n) is 4.32. The lowest BCUT2D eigenvalue weighted by molar-refractivity contribution is -0.892. The molecule has 0 saturated carbocycles. The van der Waals surface area contributed by atoms with Gasteiger partial charge in [0.05, 0.1) is 44.5 Å². The summed E-state index contributed by atoms with van der Waals surface area (Å²) >= 11 is 0. The topological polar surface area (TPSA) is 38.9 Å². The van der Waals surface area contributed by atoms with E-state index in [-0.39, 0.29) is 5.78 Å². The molecule has 0 amide bonds. The molecule has 0 atom stereocenters. The maximum atomic E-state index is 13.1. The van der Waals surface area contributed by atoms with Crippen LogP contribution in [0, 0.1) is 6.92 Å². The van der Waals surface area contributed by atoms with Crippen LogP contribution in [0.1, 0.15) is 16.1 Å². The molecule has 146 valence electrons. The molecule has 4 rings (SSSR count). The van der Waals surface area contributed by atoms with Crippen LogP contribution in [0.2, 0.25) is 0 Å². The number of quaternary nitrogens is 1. The van der Waals surface area contributed by atoms with E-state index >= 15 is 0 Å². The van der Waals surface area contributed by atoms with Crippen LogP contribution in [-0.2, 0) is 7.05 Å². The van der Waals surface area contributed by atoms with Crippen LogP contribution in [-0.4, -0.2) is 50.2 Å². The lowest BCUT2D eigenvalue weighted by atomic mass is 10.1. The van der Waals surface area contributed by atoms with Crippen LogP contribution in [0.5, 0.6) is 5.75 Å². The van der Waals surface area contributed by atoms with E-state index in [1.54, 1.807) is 7.11 Å². The van der Waals surface area contributed by atoms with Crippen molar-refractivity contribution in [1.29, 1.82) is 0 Å². The number of aromatic nitrogens is 1. The Hall–Kier alpha value is -2.79. The Balaban J connectivity index is 1.46. The molecule has 1 saturated heterocycles. The van der Waals surface area contributed by atoms with Gasteiger partial charge in [-0.15, -0.1) is 0 Å². The number of ketones is 1. The molecular formula is C23H28N3O2+. The van der Waals surface area contributed by atoms with Gasteiger partial charge in [-0.05, 0) is 25.1 Å². The highest BCUT2D eigenvalue weighted by atomic mass is 16.5. The van der Waals surface area contributed by atoms with Crippen molar-refractivity contribution in [2.75, 3.05) is 44.7 Å². The predicted octanol–water partition coefficient (Wildman–Crippen LogP) is 2.08. The number of nitrogens with one attached hydrogen (secondary N) is 1. The number of Topliss-reactive ketones (excluding diaryl/α,β-unsaturated/α-hetero) is 1. The number of hydrogen-bond donors (Lipinski definition) is 1. The van der Waals surface area contributed by atoms with Crippen LogP contribution in [0.3, 0.4) is 0 Å². The van der Waals surface area contributed by atoms with Gasteiger partial charge in [-0.2, -0.15) is 0 Å². The summed E-state index contributed by atoms with van der Waals surface area (Å²) in [6.45, 7) is 6.35. The number of fused-ring (bicyclic) bond motifs is 1. The van der Waals surface area contributed by atoms with Crippen LogP contribution in [0.25, 0.3) is 10.9 Å². The van der Waals surface area contributed by atoms with Crippen molar-refractivity contribution in [1.82, 2.24) is 4.57 Å². The average Bonchev–Trinajstić information content (AvgIpc) is 2.99. The number of methoxy groups -OCH3 is 1. The summed E-state index contributed by atoms with van der Waals surface area (Å²) in [6.07, 6.45) is 0. The average molecular weight is 378 g/mol. The maximum absolute atomic E-state index is 13.1. The summed E-state index contributed by atoms with van der Waals surface area (Å²) in [5, 5.41) is 1.07. The zero-order chi connectivity index (χ0) is 19.7. The molecule has 0 unspecified atom stereocenters. The summed E-state index contributed by atoms with van der Waals surface area (Å²) in [6, 6.07) is 16.3. The van der Waals surface area contributed by atoms with Crippen molar-refractivity contribution < 1.29 is 14.4 Å². The molecular weight excluding hydrogens is 350 g/mol. The normalized spacial score (nSPS) is 15.2. The molecule has 0 bridgehead atoms. The highest BCUT2D eigenvalue weighted by Gasteiger charge is 2.26. The van der Waals surface area contributed by atoms with Gasteiger partial charge < -0.3 is 19.1 Å². The van der Waals surface area contributed by atoms with E-state index < -0.39 is 0 Å². The molecule has 1 aliphatic heterocycles. The number of carbonyl (C=O) groups is 1. The standard InChI is InChI=1S/C23H27N3O2/c1-17-23(18-8-4-5-9-19(18)24(17)2)21(27)16-25-12-14-26(15-13-25)20-10-6-7-11-22(20)28-3/h4-11H,12-16H2,1-3H3/p+1. The summed E-state index contributed by atoms with van der Waals surface area (Å²) in [5.74, 6) is 1.16. The van der Waals surface area contributed by atoms with Crippen LogP contribution >= 0.6 is 0 Å². The number of benzene rings is 2. The van der Waals surface area contributed by atoms with Gasteiger partial charge in [0.15, 0.2) is 0 Å². The Labute approximate surface area is 166 Å². The smallest absolute Gasteiger partial charge is 0.219 e. The fraction of sp³-hybridized carbons (Fsp3) is 0.348. The first-order valence-corrected chi connectivity index (χ1v) is 9.89. The van der Waals surface area contributed by atoms with Crippen LogP contribution in [0.4, 0.5) is 5.69 Å². The molecule has 3 aromatic rings. The first-order chi connectivity index (χ1) is 13.6. The number of carbonyl (C=O) groups excluding carboxylic acids is 1. The Kier molecular flexibility index (Phi) is 5.09. The van der Waals surface area contributed by atoms with Gasteiger partial charge in [-0.1, -0.05) is 30.3 Å². The van der Waals surface area contributed by atoms with Crippen molar-refractivity contribution in [3.8, 4) is 5.75 Å². The Bertz CT molecular complexity index is 1000. The minimum Gasteiger partial charge on any atom is -0.495 e. The molecule has 1 fully saturated rings. The molecule has 2 heterocycles. The molecule has 1 aliphatic rings. The second kappa shape index (κ2) is 7.68. The Morgan fingerprint density at radius 2 is 1.75 bits per heavy atom. The van der Waals surface area contributed by atoms with Gasteiger partial charge in [0, 0.05) is 23.6 Å².